The van der Waals surface area contributed by atoms with Crippen molar-refractivity contribution in [3.05, 3.63) is 120 Å². The Kier molecular flexibility index (Phi) is 4.75. The number of fused-ring (bicyclic) bond motifs is 6. The molecule has 0 aliphatic heterocycles. The molecule has 2 aromatic heterocycles. The van der Waals surface area contributed by atoms with Gasteiger partial charge in [0.05, 0.1) is 22.1 Å². The Bertz CT molecular complexity index is 1750. The summed E-state index contributed by atoms with van der Waals surface area (Å²) in [6.45, 7) is 4.61. The summed E-state index contributed by atoms with van der Waals surface area (Å²) in [6.07, 6.45) is 1.92. The smallest absolute Gasteiger partial charge is 0.0583 e. The van der Waals surface area contributed by atoms with E-state index in [1.54, 1.807) is 0 Å². The zero-order valence-corrected chi connectivity index (χ0v) is 20.7. The molecule has 0 aliphatic rings. The van der Waals surface area contributed by atoms with Crippen molar-refractivity contribution < 1.29 is 0 Å². The normalized spacial score (nSPS) is 11.8. The molecular formula is C34H28N2. The Balaban J connectivity index is 1.83. The summed E-state index contributed by atoms with van der Waals surface area (Å²) >= 11 is 0. The Labute approximate surface area is 211 Å². The maximum Gasteiger partial charge on any atom is 0.0583 e. The molecular weight excluding hydrogens is 436 g/mol. The summed E-state index contributed by atoms with van der Waals surface area (Å²) in [5.74, 6) is 0. The Hall–Kier alpha value is -4.30. The van der Waals surface area contributed by atoms with Crippen molar-refractivity contribution >= 4 is 43.6 Å². The minimum atomic E-state index is 0.961. The van der Waals surface area contributed by atoms with Crippen LogP contribution in [0.2, 0.25) is 0 Å². The predicted octanol–water partition coefficient (Wildman–Crippen LogP) is 9.01. The Morgan fingerprint density at radius 3 is 1.19 bits per heavy atom. The van der Waals surface area contributed by atoms with Gasteiger partial charge in [-0.3, -0.25) is 0 Å². The quantitative estimate of drug-likeness (QED) is 0.246. The molecule has 174 valence electrons. The molecule has 0 unspecified atom stereocenters. The summed E-state index contributed by atoms with van der Waals surface area (Å²) in [4.78, 5) is 0. The highest BCUT2D eigenvalue weighted by atomic mass is 15.0. The van der Waals surface area contributed by atoms with Gasteiger partial charge in [0.15, 0.2) is 0 Å². The van der Waals surface area contributed by atoms with Gasteiger partial charge in [0.25, 0.3) is 0 Å². The van der Waals surface area contributed by atoms with Gasteiger partial charge in [0, 0.05) is 32.9 Å². The second kappa shape index (κ2) is 8.13. The monoisotopic (exact) mass is 464 g/mol. The molecule has 2 heterocycles. The van der Waals surface area contributed by atoms with Gasteiger partial charge >= 0.3 is 0 Å². The zero-order valence-electron chi connectivity index (χ0n) is 20.7. The van der Waals surface area contributed by atoms with Crippen LogP contribution in [0.3, 0.4) is 0 Å². The van der Waals surface area contributed by atoms with Crippen LogP contribution in [0.25, 0.3) is 55.0 Å². The molecule has 0 bridgehead atoms. The number of nitrogens with zero attached hydrogens (tertiary/aromatic N) is 2. The summed E-state index contributed by atoms with van der Waals surface area (Å²) in [7, 11) is 0. The van der Waals surface area contributed by atoms with E-state index >= 15 is 0 Å². The SMILES string of the molecule is CCc1c2c3ccccc3n(-c3ccccc3)c2c(CC)c2c3ccccc3n(-c3ccccc3)c12. The number of benzene rings is 5. The van der Waals surface area contributed by atoms with Crippen molar-refractivity contribution in [3.8, 4) is 11.4 Å². The minimum Gasteiger partial charge on any atom is -0.309 e. The number of aromatic nitrogens is 2. The maximum absolute atomic E-state index is 2.50. The molecule has 7 aromatic rings. The van der Waals surface area contributed by atoms with E-state index in [9.17, 15) is 0 Å². The molecule has 0 fully saturated rings. The van der Waals surface area contributed by atoms with Gasteiger partial charge in [-0.2, -0.15) is 0 Å². The maximum atomic E-state index is 2.50. The van der Waals surface area contributed by atoms with Crippen LogP contribution in [-0.4, -0.2) is 9.13 Å². The van der Waals surface area contributed by atoms with E-state index in [1.807, 2.05) is 0 Å². The van der Waals surface area contributed by atoms with Crippen LogP contribution in [0, 0.1) is 0 Å². The lowest BCUT2D eigenvalue weighted by atomic mass is 9.94. The fourth-order valence-electron chi connectivity index (χ4n) is 6.28. The van der Waals surface area contributed by atoms with Crippen LogP contribution >= 0.6 is 0 Å². The first-order valence-electron chi connectivity index (χ1n) is 12.9. The van der Waals surface area contributed by atoms with Crippen molar-refractivity contribution in [1.29, 1.82) is 0 Å². The van der Waals surface area contributed by atoms with Crippen molar-refractivity contribution in [2.45, 2.75) is 26.7 Å². The van der Waals surface area contributed by atoms with Gasteiger partial charge in [0.2, 0.25) is 0 Å². The molecule has 0 saturated heterocycles. The summed E-state index contributed by atoms with van der Waals surface area (Å²) in [6, 6.07) is 39.5. The van der Waals surface area contributed by atoms with Crippen molar-refractivity contribution in [2.75, 3.05) is 0 Å². The fraction of sp³-hybridized carbons (Fsp3) is 0.118. The first-order valence-corrected chi connectivity index (χ1v) is 12.9. The molecule has 0 atom stereocenters. The van der Waals surface area contributed by atoms with Gasteiger partial charge in [-0.15, -0.1) is 0 Å². The van der Waals surface area contributed by atoms with Gasteiger partial charge in [-0.05, 0) is 60.4 Å². The van der Waals surface area contributed by atoms with Crippen LogP contribution in [0.5, 0.6) is 0 Å². The van der Waals surface area contributed by atoms with E-state index in [1.165, 1.54) is 66.1 Å². The van der Waals surface area contributed by atoms with Crippen LogP contribution < -0.4 is 0 Å². The minimum absolute atomic E-state index is 0.961. The fourth-order valence-corrected chi connectivity index (χ4v) is 6.28. The molecule has 2 nitrogen and oxygen atoms in total. The lowest BCUT2D eigenvalue weighted by Crippen LogP contribution is -2.01. The van der Waals surface area contributed by atoms with Crippen molar-refractivity contribution in [3.63, 3.8) is 0 Å². The number of rotatable bonds is 4. The van der Waals surface area contributed by atoms with Crippen LogP contribution in [0.4, 0.5) is 0 Å². The second-order valence-electron chi connectivity index (χ2n) is 9.49. The topological polar surface area (TPSA) is 9.86 Å². The third-order valence-corrected chi connectivity index (χ3v) is 7.66. The average Bonchev–Trinajstić information content (AvgIpc) is 3.47. The van der Waals surface area contributed by atoms with Gasteiger partial charge in [-0.1, -0.05) is 86.6 Å². The average molecular weight is 465 g/mol. The summed E-state index contributed by atoms with van der Waals surface area (Å²) < 4.78 is 4.99. The number of para-hydroxylation sites is 4. The third-order valence-electron chi connectivity index (χ3n) is 7.66. The highest BCUT2D eigenvalue weighted by Gasteiger charge is 2.25. The van der Waals surface area contributed by atoms with E-state index in [0.29, 0.717) is 0 Å². The van der Waals surface area contributed by atoms with Crippen LogP contribution in [0.1, 0.15) is 25.0 Å². The molecule has 0 saturated carbocycles. The highest BCUT2D eigenvalue weighted by molar-refractivity contribution is 6.23. The standard InChI is InChI=1S/C34H28N2/c1-3-25-31-27-19-11-13-21-29(27)36(24-17-9-6-10-18-24)34(31)26(4-2)32-28-20-12-14-22-30(28)35(33(25)32)23-15-7-5-8-16-23/h5-22H,3-4H2,1-2H3. The first-order chi connectivity index (χ1) is 17.8. The molecule has 0 spiro atoms. The third kappa shape index (κ3) is 2.79. The van der Waals surface area contributed by atoms with Crippen LogP contribution in [0.15, 0.2) is 109 Å². The lowest BCUT2D eigenvalue weighted by molar-refractivity contribution is 1.09. The van der Waals surface area contributed by atoms with E-state index in [0.717, 1.165) is 12.8 Å². The van der Waals surface area contributed by atoms with Crippen molar-refractivity contribution in [2.24, 2.45) is 0 Å². The molecule has 5 aromatic carbocycles. The van der Waals surface area contributed by atoms with E-state index < -0.39 is 0 Å². The lowest BCUT2D eigenvalue weighted by Gasteiger charge is -2.16. The van der Waals surface area contributed by atoms with E-state index in [4.69, 9.17) is 0 Å². The highest BCUT2D eigenvalue weighted by Crippen LogP contribution is 2.45. The van der Waals surface area contributed by atoms with Gasteiger partial charge < -0.3 is 9.13 Å². The van der Waals surface area contributed by atoms with Crippen LogP contribution in [-0.2, 0) is 12.8 Å². The van der Waals surface area contributed by atoms with Crippen molar-refractivity contribution in [1.82, 2.24) is 9.13 Å². The number of hydrogen-bond acceptors (Lipinski definition) is 0. The van der Waals surface area contributed by atoms with E-state index in [2.05, 4.69) is 132 Å². The van der Waals surface area contributed by atoms with E-state index in [-0.39, 0.29) is 0 Å². The predicted molar refractivity (Wildman–Crippen MR) is 154 cm³/mol. The molecule has 0 aliphatic carbocycles. The second-order valence-corrected chi connectivity index (χ2v) is 9.49. The summed E-state index contributed by atoms with van der Waals surface area (Å²) in [5, 5.41) is 5.44. The Morgan fingerprint density at radius 2 is 0.806 bits per heavy atom. The number of aryl methyl sites for hydroxylation is 2. The Morgan fingerprint density at radius 1 is 0.444 bits per heavy atom. The summed E-state index contributed by atoms with van der Waals surface area (Å²) in [5.41, 5.74) is 10.5. The number of hydrogen-bond donors (Lipinski definition) is 0. The molecule has 0 amide bonds. The molecule has 36 heavy (non-hydrogen) atoms. The van der Waals surface area contributed by atoms with Gasteiger partial charge in [0.1, 0.15) is 0 Å². The molecule has 0 radical (unpaired) electrons. The van der Waals surface area contributed by atoms with Gasteiger partial charge in [-0.25, -0.2) is 0 Å². The molecule has 7 rings (SSSR count). The molecule has 2 heteroatoms. The molecule has 0 N–H and O–H groups in total. The largest absolute Gasteiger partial charge is 0.309 e. The first kappa shape index (κ1) is 21.0. The zero-order chi connectivity index (χ0) is 24.2.